The Morgan fingerprint density at radius 3 is 2.05 bits per heavy atom. The molecule has 0 spiro atoms. The van der Waals surface area contributed by atoms with Crippen LogP contribution in [0.5, 0.6) is 0 Å². The van der Waals surface area contributed by atoms with E-state index in [0.29, 0.717) is 0 Å². The van der Waals surface area contributed by atoms with Crippen molar-refractivity contribution >= 4 is 40.6 Å². The van der Waals surface area contributed by atoms with Crippen LogP contribution >= 0.6 is 0 Å². The molecule has 3 amide bonds. The van der Waals surface area contributed by atoms with Gasteiger partial charge >= 0.3 is 11.9 Å². The molecule has 12 heteroatoms. The number of fused-ring (bicyclic) bond motifs is 1. The Morgan fingerprint density at radius 1 is 0.865 bits per heavy atom. The third-order valence-corrected chi connectivity index (χ3v) is 5.99. The van der Waals surface area contributed by atoms with Crippen LogP contribution in [0.1, 0.15) is 39.7 Å². The topological polar surface area (TPSA) is 204 Å². The number of carbonyl (C=O) groups is 5. The molecular weight excluding hydrogens is 482 g/mol. The average Bonchev–Trinajstić information content (AvgIpc) is 3.22. The number of hydrogen-bond donors (Lipinski definition) is 7. The second-order valence-corrected chi connectivity index (χ2v) is 9.62. The van der Waals surface area contributed by atoms with Crippen molar-refractivity contribution in [3.05, 3.63) is 36.0 Å². The van der Waals surface area contributed by atoms with Gasteiger partial charge in [0.1, 0.15) is 18.1 Å². The van der Waals surface area contributed by atoms with Crippen LogP contribution in [0.2, 0.25) is 0 Å². The third-order valence-electron chi connectivity index (χ3n) is 5.99. The van der Waals surface area contributed by atoms with Crippen LogP contribution in [0.15, 0.2) is 30.5 Å². The molecule has 0 saturated heterocycles. The highest BCUT2D eigenvalue weighted by molar-refractivity contribution is 5.95. The molecule has 0 aliphatic heterocycles. The van der Waals surface area contributed by atoms with Crippen LogP contribution in [0.3, 0.4) is 0 Å². The third kappa shape index (κ3) is 8.04. The lowest BCUT2D eigenvalue weighted by molar-refractivity contribution is -0.147. The molecule has 0 saturated carbocycles. The predicted octanol–water partition coefficient (Wildman–Crippen LogP) is 0.363. The first kappa shape index (κ1) is 29.3. The maximum Gasteiger partial charge on any atom is 0.326 e. The van der Waals surface area contributed by atoms with Crippen molar-refractivity contribution in [1.82, 2.24) is 20.9 Å². The number of nitrogens with two attached hydrogens (primary N) is 1. The van der Waals surface area contributed by atoms with Gasteiger partial charge < -0.3 is 36.9 Å². The van der Waals surface area contributed by atoms with Crippen LogP contribution < -0.4 is 21.7 Å². The van der Waals surface area contributed by atoms with Gasteiger partial charge in [0, 0.05) is 23.5 Å². The first-order chi connectivity index (χ1) is 17.3. The van der Waals surface area contributed by atoms with Gasteiger partial charge in [-0.2, -0.15) is 0 Å². The molecule has 0 fully saturated rings. The Hall–Kier alpha value is -3.93. The number of carboxylic acid groups (broad SMARTS) is 2. The summed E-state index contributed by atoms with van der Waals surface area (Å²) in [4.78, 5) is 64.5. The van der Waals surface area contributed by atoms with Crippen LogP contribution in [0.25, 0.3) is 10.9 Å². The van der Waals surface area contributed by atoms with Gasteiger partial charge in [-0.1, -0.05) is 45.9 Å². The Labute approximate surface area is 214 Å². The van der Waals surface area contributed by atoms with Gasteiger partial charge in [0.15, 0.2) is 0 Å². The van der Waals surface area contributed by atoms with E-state index >= 15 is 0 Å². The minimum Gasteiger partial charge on any atom is -0.481 e. The molecule has 1 heterocycles. The molecule has 2 aromatic rings. The molecule has 0 aliphatic rings. The summed E-state index contributed by atoms with van der Waals surface area (Å²) in [5.74, 6) is -5.65. The van der Waals surface area contributed by atoms with Gasteiger partial charge in [0.25, 0.3) is 0 Å². The van der Waals surface area contributed by atoms with E-state index in [-0.39, 0.29) is 12.3 Å². The molecule has 0 aliphatic carbocycles. The molecule has 4 atom stereocenters. The van der Waals surface area contributed by atoms with Crippen molar-refractivity contribution in [2.75, 3.05) is 0 Å². The zero-order chi connectivity index (χ0) is 27.9. The minimum absolute atomic E-state index is 0.0929. The van der Waals surface area contributed by atoms with Crippen LogP contribution in [0.4, 0.5) is 0 Å². The van der Waals surface area contributed by atoms with Crippen LogP contribution in [0, 0.1) is 11.8 Å². The van der Waals surface area contributed by atoms with E-state index in [9.17, 15) is 29.1 Å². The fourth-order valence-electron chi connectivity index (χ4n) is 3.73. The number of carbonyl (C=O) groups excluding carboxylic acids is 3. The van der Waals surface area contributed by atoms with Gasteiger partial charge in [-0.25, -0.2) is 4.79 Å². The van der Waals surface area contributed by atoms with E-state index in [0.717, 1.165) is 16.5 Å². The van der Waals surface area contributed by atoms with Gasteiger partial charge in [0.2, 0.25) is 17.7 Å². The van der Waals surface area contributed by atoms with Gasteiger partial charge in [-0.3, -0.25) is 19.2 Å². The number of carboxylic acids is 2. The first-order valence-corrected chi connectivity index (χ1v) is 12.0. The van der Waals surface area contributed by atoms with Crippen molar-refractivity contribution in [3.8, 4) is 0 Å². The fraction of sp³-hybridized carbons (Fsp3) is 0.480. The molecule has 0 bridgehead atoms. The molecule has 8 N–H and O–H groups in total. The van der Waals surface area contributed by atoms with Crippen molar-refractivity contribution < 1.29 is 34.2 Å². The highest BCUT2D eigenvalue weighted by atomic mass is 16.4. The molecule has 2 rings (SSSR count). The quantitative estimate of drug-likeness (QED) is 0.197. The van der Waals surface area contributed by atoms with E-state index in [4.69, 9.17) is 10.8 Å². The van der Waals surface area contributed by atoms with Gasteiger partial charge in [-0.05, 0) is 23.5 Å². The summed E-state index contributed by atoms with van der Waals surface area (Å²) in [5, 5.41) is 26.5. The Kier molecular flexibility index (Phi) is 10.2. The summed E-state index contributed by atoms with van der Waals surface area (Å²) < 4.78 is 0. The lowest BCUT2D eigenvalue weighted by atomic mass is 9.99. The first-order valence-electron chi connectivity index (χ1n) is 12.0. The molecule has 4 unspecified atom stereocenters. The number of aromatic nitrogens is 1. The monoisotopic (exact) mass is 517 g/mol. The summed E-state index contributed by atoms with van der Waals surface area (Å²) in [7, 11) is 0. The standard InChI is InChI=1S/C25H35N5O7/c1-12(2)20(26)23(34)28-17(9-14-11-27-16-8-6-5-7-15(14)16)22(33)30-21(13(3)4)24(35)29-18(25(36)37)10-19(31)32/h5-8,11-13,17-18,20-21,27H,9-10,26H2,1-4H3,(H,28,34)(H,29,35)(H,30,33)(H,31,32)(H,36,37). The molecule has 37 heavy (non-hydrogen) atoms. The largest absolute Gasteiger partial charge is 0.481 e. The Morgan fingerprint density at radius 2 is 1.49 bits per heavy atom. The van der Waals surface area contributed by atoms with Crippen molar-refractivity contribution in [1.29, 1.82) is 0 Å². The van der Waals surface area contributed by atoms with E-state index in [2.05, 4.69) is 20.9 Å². The van der Waals surface area contributed by atoms with Crippen molar-refractivity contribution in [3.63, 3.8) is 0 Å². The fourth-order valence-corrected chi connectivity index (χ4v) is 3.73. The summed E-state index contributed by atoms with van der Waals surface area (Å²) in [6.07, 6.45) is 0.997. The van der Waals surface area contributed by atoms with Crippen molar-refractivity contribution in [2.24, 2.45) is 17.6 Å². The summed E-state index contributed by atoms with van der Waals surface area (Å²) >= 11 is 0. The number of hydrogen-bond acceptors (Lipinski definition) is 6. The number of nitrogens with one attached hydrogen (secondary N) is 4. The molecular formula is C25H35N5O7. The smallest absolute Gasteiger partial charge is 0.326 e. The SMILES string of the molecule is CC(C)C(N)C(=O)NC(Cc1c[nH]c2ccccc12)C(=O)NC(C(=O)NC(CC(=O)O)C(=O)O)C(C)C. The minimum atomic E-state index is -1.67. The summed E-state index contributed by atoms with van der Waals surface area (Å²) in [5.41, 5.74) is 7.58. The van der Waals surface area contributed by atoms with Crippen LogP contribution in [-0.2, 0) is 30.4 Å². The molecule has 1 aromatic heterocycles. The van der Waals surface area contributed by atoms with Crippen molar-refractivity contribution in [2.45, 2.75) is 64.7 Å². The molecule has 1 aromatic carbocycles. The number of rotatable bonds is 13. The number of para-hydroxylation sites is 1. The average molecular weight is 518 g/mol. The predicted molar refractivity (Wildman–Crippen MR) is 135 cm³/mol. The second-order valence-electron chi connectivity index (χ2n) is 9.62. The maximum absolute atomic E-state index is 13.4. The summed E-state index contributed by atoms with van der Waals surface area (Å²) in [6, 6.07) is 2.62. The lowest BCUT2D eigenvalue weighted by Crippen LogP contribution is -2.59. The number of aromatic amines is 1. The Balaban J connectivity index is 2.29. The maximum atomic E-state index is 13.4. The highest BCUT2D eigenvalue weighted by Crippen LogP contribution is 2.19. The molecule has 12 nitrogen and oxygen atoms in total. The van der Waals surface area contributed by atoms with Gasteiger partial charge in [0.05, 0.1) is 12.5 Å². The Bertz CT molecular complexity index is 1140. The zero-order valence-corrected chi connectivity index (χ0v) is 21.3. The normalized spacial score (nSPS) is 14.6. The molecule has 0 radical (unpaired) electrons. The zero-order valence-electron chi connectivity index (χ0n) is 21.3. The number of aliphatic carboxylic acids is 2. The molecule has 202 valence electrons. The van der Waals surface area contributed by atoms with E-state index in [1.165, 1.54) is 0 Å². The van der Waals surface area contributed by atoms with Gasteiger partial charge in [-0.15, -0.1) is 0 Å². The number of benzene rings is 1. The van der Waals surface area contributed by atoms with E-state index in [1.807, 2.05) is 24.3 Å². The summed E-state index contributed by atoms with van der Waals surface area (Å²) in [6.45, 7) is 6.82. The van der Waals surface area contributed by atoms with E-state index in [1.54, 1.807) is 33.9 Å². The number of amides is 3. The number of H-pyrrole nitrogens is 1. The van der Waals surface area contributed by atoms with E-state index < -0.39 is 66.2 Å². The van der Waals surface area contributed by atoms with Crippen LogP contribution in [-0.4, -0.2) is 69.0 Å². The lowest BCUT2D eigenvalue weighted by Gasteiger charge is -2.27. The second kappa shape index (κ2) is 12.9. The highest BCUT2D eigenvalue weighted by Gasteiger charge is 2.33.